The fourth-order valence-electron chi connectivity index (χ4n) is 4.98. The van der Waals surface area contributed by atoms with E-state index in [2.05, 4.69) is 22.9 Å². The molecule has 1 aliphatic heterocycles. The predicted octanol–water partition coefficient (Wildman–Crippen LogP) is 4.21. The standard InChI is InChI=1S/C25H33FN2O2/c1-27-10-12-28(13-11-27)19-22-7-2-5-21(16-24-9-4-14-30-24)18-25(22,29)17-20-6-3-8-23(26)15-20/h3-4,6,8-9,14-16,22,29H,2,5,7,10-13,17-19H2,1H3/b21-16-. The number of furan rings is 1. The monoisotopic (exact) mass is 412 g/mol. The van der Waals surface area contributed by atoms with Gasteiger partial charge in [0.15, 0.2) is 0 Å². The van der Waals surface area contributed by atoms with Gasteiger partial charge in [-0.3, -0.25) is 0 Å². The highest BCUT2D eigenvalue weighted by Crippen LogP contribution is 2.39. The van der Waals surface area contributed by atoms with E-state index >= 15 is 0 Å². The molecule has 2 heterocycles. The van der Waals surface area contributed by atoms with Crippen LogP contribution in [0.25, 0.3) is 6.08 Å². The van der Waals surface area contributed by atoms with Crippen LogP contribution in [0.4, 0.5) is 4.39 Å². The van der Waals surface area contributed by atoms with Gasteiger partial charge in [-0.05, 0) is 68.6 Å². The Labute approximate surface area is 179 Å². The quantitative estimate of drug-likeness (QED) is 0.747. The van der Waals surface area contributed by atoms with Crippen molar-refractivity contribution >= 4 is 6.08 Å². The molecule has 0 radical (unpaired) electrons. The van der Waals surface area contributed by atoms with Crippen LogP contribution in [-0.2, 0) is 6.42 Å². The number of nitrogens with zero attached hydrogens (tertiary/aromatic N) is 2. The first-order valence-corrected chi connectivity index (χ1v) is 11.1. The van der Waals surface area contributed by atoms with Gasteiger partial charge >= 0.3 is 0 Å². The van der Waals surface area contributed by atoms with Crippen LogP contribution in [0, 0.1) is 11.7 Å². The third-order valence-electron chi connectivity index (χ3n) is 6.71. The largest absolute Gasteiger partial charge is 0.465 e. The summed E-state index contributed by atoms with van der Waals surface area (Å²) in [6, 6.07) is 10.5. The number of aliphatic hydroxyl groups is 1. The number of piperazine rings is 1. The number of likely N-dealkylation sites (N-methyl/N-ethyl adjacent to an activating group) is 1. The molecule has 1 aromatic heterocycles. The fourth-order valence-corrected chi connectivity index (χ4v) is 4.98. The summed E-state index contributed by atoms with van der Waals surface area (Å²) in [5.74, 6) is 0.744. The van der Waals surface area contributed by atoms with Crippen LogP contribution in [-0.4, -0.2) is 60.3 Å². The lowest BCUT2D eigenvalue weighted by Crippen LogP contribution is -2.50. The van der Waals surface area contributed by atoms with Gasteiger partial charge in [0.2, 0.25) is 0 Å². The van der Waals surface area contributed by atoms with Gasteiger partial charge in [0, 0.05) is 45.1 Å². The molecule has 2 aliphatic rings. The molecule has 1 saturated heterocycles. The summed E-state index contributed by atoms with van der Waals surface area (Å²) in [5, 5.41) is 12.0. The Hall–Kier alpha value is -1.95. The Morgan fingerprint density at radius 3 is 2.77 bits per heavy atom. The molecule has 2 atom stereocenters. The average molecular weight is 413 g/mol. The van der Waals surface area contributed by atoms with Crippen molar-refractivity contribution in [2.75, 3.05) is 39.8 Å². The van der Waals surface area contributed by atoms with Crippen molar-refractivity contribution in [1.82, 2.24) is 9.80 Å². The lowest BCUT2D eigenvalue weighted by molar-refractivity contribution is -0.0347. The Bertz CT molecular complexity index is 843. The second kappa shape index (κ2) is 9.46. The van der Waals surface area contributed by atoms with E-state index in [1.54, 1.807) is 18.4 Å². The van der Waals surface area contributed by atoms with Crippen molar-refractivity contribution < 1.29 is 13.9 Å². The lowest BCUT2D eigenvalue weighted by atomic mass is 9.77. The molecule has 0 spiro atoms. The summed E-state index contributed by atoms with van der Waals surface area (Å²) in [6.07, 6.45) is 7.82. The number of hydrogen-bond acceptors (Lipinski definition) is 4. The SMILES string of the molecule is CN1CCN(CC2CCC/C(=C/c3ccco3)CC2(O)Cc2cccc(F)c2)CC1. The van der Waals surface area contributed by atoms with Crippen molar-refractivity contribution in [3.05, 3.63) is 65.4 Å². The van der Waals surface area contributed by atoms with E-state index in [0.717, 1.165) is 63.3 Å². The van der Waals surface area contributed by atoms with Crippen molar-refractivity contribution in [1.29, 1.82) is 0 Å². The third-order valence-corrected chi connectivity index (χ3v) is 6.71. The van der Waals surface area contributed by atoms with Crippen LogP contribution in [0.2, 0.25) is 0 Å². The minimum atomic E-state index is -0.897. The van der Waals surface area contributed by atoms with E-state index in [4.69, 9.17) is 4.42 Å². The molecular formula is C25H33FN2O2. The molecule has 2 fully saturated rings. The van der Waals surface area contributed by atoms with E-state index < -0.39 is 5.60 Å². The van der Waals surface area contributed by atoms with Gasteiger partial charge in [-0.1, -0.05) is 17.7 Å². The van der Waals surface area contributed by atoms with Gasteiger partial charge in [-0.2, -0.15) is 0 Å². The summed E-state index contributed by atoms with van der Waals surface area (Å²) in [6.45, 7) is 5.11. The molecule has 162 valence electrons. The Morgan fingerprint density at radius 1 is 1.20 bits per heavy atom. The van der Waals surface area contributed by atoms with Crippen LogP contribution in [0.3, 0.4) is 0 Å². The molecule has 5 heteroatoms. The van der Waals surface area contributed by atoms with E-state index in [1.165, 1.54) is 11.6 Å². The maximum atomic E-state index is 13.8. The molecule has 1 saturated carbocycles. The first-order valence-electron chi connectivity index (χ1n) is 11.1. The topological polar surface area (TPSA) is 39.9 Å². The van der Waals surface area contributed by atoms with E-state index in [9.17, 15) is 9.50 Å². The second-order valence-electron chi connectivity index (χ2n) is 9.10. The van der Waals surface area contributed by atoms with Crippen LogP contribution < -0.4 is 0 Å². The lowest BCUT2D eigenvalue weighted by Gasteiger charge is -2.41. The molecular weight excluding hydrogens is 379 g/mol. The summed E-state index contributed by atoms with van der Waals surface area (Å²) in [4.78, 5) is 4.84. The third kappa shape index (κ3) is 5.39. The van der Waals surface area contributed by atoms with Crippen LogP contribution in [0.1, 0.15) is 37.0 Å². The molecule has 0 bridgehead atoms. The number of halogens is 1. The van der Waals surface area contributed by atoms with Crippen molar-refractivity contribution in [3.63, 3.8) is 0 Å². The summed E-state index contributed by atoms with van der Waals surface area (Å²) in [5.41, 5.74) is 1.18. The van der Waals surface area contributed by atoms with Crippen LogP contribution >= 0.6 is 0 Å². The molecule has 2 aromatic rings. The van der Waals surface area contributed by atoms with Crippen LogP contribution in [0.15, 0.2) is 52.7 Å². The van der Waals surface area contributed by atoms with Crippen molar-refractivity contribution in [2.45, 2.75) is 37.7 Å². The highest BCUT2D eigenvalue weighted by molar-refractivity contribution is 5.48. The smallest absolute Gasteiger partial charge is 0.126 e. The van der Waals surface area contributed by atoms with Crippen molar-refractivity contribution in [2.24, 2.45) is 5.92 Å². The molecule has 4 nitrogen and oxygen atoms in total. The van der Waals surface area contributed by atoms with Gasteiger partial charge in [-0.25, -0.2) is 4.39 Å². The summed E-state index contributed by atoms with van der Waals surface area (Å²) < 4.78 is 19.4. The van der Waals surface area contributed by atoms with E-state index in [0.29, 0.717) is 12.8 Å². The predicted molar refractivity (Wildman–Crippen MR) is 118 cm³/mol. The average Bonchev–Trinajstić information content (AvgIpc) is 3.16. The normalized spacial score (nSPS) is 28.0. The van der Waals surface area contributed by atoms with Gasteiger partial charge in [0.1, 0.15) is 11.6 Å². The van der Waals surface area contributed by atoms with Crippen LogP contribution in [0.5, 0.6) is 0 Å². The molecule has 30 heavy (non-hydrogen) atoms. The molecule has 1 N–H and O–H groups in total. The summed E-state index contributed by atoms with van der Waals surface area (Å²) >= 11 is 0. The second-order valence-corrected chi connectivity index (χ2v) is 9.10. The minimum Gasteiger partial charge on any atom is -0.465 e. The highest BCUT2D eigenvalue weighted by atomic mass is 19.1. The van der Waals surface area contributed by atoms with Gasteiger partial charge in [-0.15, -0.1) is 0 Å². The number of hydrogen-bond donors (Lipinski definition) is 1. The first-order chi connectivity index (χ1) is 14.5. The Kier molecular flexibility index (Phi) is 6.71. The van der Waals surface area contributed by atoms with E-state index in [-0.39, 0.29) is 11.7 Å². The maximum absolute atomic E-state index is 13.8. The zero-order chi connectivity index (χ0) is 21.0. The summed E-state index contributed by atoms with van der Waals surface area (Å²) in [7, 11) is 2.16. The van der Waals surface area contributed by atoms with E-state index in [1.807, 2.05) is 18.2 Å². The molecule has 0 amide bonds. The molecule has 1 aromatic carbocycles. The first kappa shape index (κ1) is 21.3. The zero-order valence-corrected chi connectivity index (χ0v) is 17.9. The molecule has 1 aliphatic carbocycles. The Morgan fingerprint density at radius 2 is 2.03 bits per heavy atom. The minimum absolute atomic E-state index is 0.159. The van der Waals surface area contributed by atoms with Gasteiger partial charge < -0.3 is 19.3 Å². The fraction of sp³-hybridized carbons (Fsp3) is 0.520. The zero-order valence-electron chi connectivity index (χ0n) is 17.9. The highest BCUT2D eigenvalue weighted by Gasteiger charge is 2.40. The van der Waals surface area contributed by atoms with Gasteiger partial charge in [0.05, 0.1) is 11.9 Å². The van der Waals surface area contributed by atoms with Crippen molar-refractivity contribution in [3.8, 4) is 0 Å². The number of rotatable bonds is 5. The molecule has 4 rings (SSSR count). The Balaban J connectivity index is 1.58. The number of benzene rings is 1. The maximum Gasteiger partial charge on any atom is 0.126 e. The molecule has 2 unspecified atom stereocenters. The van der Waals surface area contributed by atoms with Gasteiger partial charge in [0.25, 0.3) is 0 Å².